The summed E-state index contributed by atoms with van der Waals surface area (Å²) in [5, 5.41) is 6.67. The van der Waals surface area contributed by atoms with Crippen LogP contribution in [-0.4, -0.2) is 40.4 Å². The molecule has 28 heavy (non-hydrogen) atoms. The fraction of sp³-hybridized carbons (Fsp3) is 0.409. The first-order valence-electron chi connectivity index (χ1n) is 9.45. The number of ether oxygens (including phenoxy) is 3. The number of methoxy groups -OCH3 is 2. The molecule has 2 aromatic rings. The van der Waals surface area contributed by atoms with Gasteiger partial charge in [0.2, 0.25) is 0 Å². The van der Waals surface area contributed by atoms with Crippen molar-refractivity contribution in [3.63, 3.8) is 0 Å². The van der Waals surface area contributed by atoms with Crippen LogP contribution >= 0.6 is 0 Å². The van der Waals surface area contributed by atoms with Crippen LogP contribution in [0.25, 0.3) is 0 Å². The molecular formula is C22H31N3O3. The maximum atomic E-state index is 5.94. The van der Waals surface area contributed by atoms with E-state index in [1.165, 1.54) is 5.56 Å². The third-order valence-electron chi connectivity index (χ3n) is 4.26. The lowest BCUT2D eigenvalue weighted by molar-refractivity contribution is 0.171. The summed E-state index contributed by atoms with van der Waals surface area (Å²) >= 11 is 0. The zero-order valence-corrected chi connectivity index (χ0v) is 17.2. The normalized spacial score (nSPS) is 11.2. The summed E-state index contributed by atoms with van der Waals surface area (Å²) in [6.07, 6.45) is 0.863. The molecular weight excluding hydrogens is 354 g/mol. The molecule has 0 bridgehead atoms. The van der Waals surface area contributed by atoms with Crippen LogP contribution in [0.4, 0.5) is 0 Å². The largest absolute Gasteiger partial charge is 0.497 e. The second kappa shape index (κ2) is 11.9. The standard InChI is InChI=1S/C22H31N3O3/c1-17-6-9-19(21(14-17)28-13-5-12-26-3)16-25-22(23-2)24-15-18-7-10-20(27-4)11-8-18/h6-11,14H,5,12-13,15-16H2,1-4H3,(H2,23,24,25). The van der Waals surface area contributed by atoms with Crippen molar-refractivity contribution >= 4 is 5.96 Å². The first kappa shape index (κ1) is 21.6. The highest BCUT2D eigenvalue weighted by Gasteiger charge is 2.06. The van der Waals surface area contributed by atoms with Gasteiger partial charge in [0.15, 0.2) is 5.96 Å². The number of nitrogens with one attached hydrogen (secondary N) is 2. The van der Waals surface area contributed by atoms with Crippen molar-refractivity contribution < 1.29 is 14.2 Å². The SMILES string of the molecule is CN=C(NCc1ccc(OC)cc1)NCc1ccc(C)cc1OCCCOC. The van der Waals surface area contributed by atoms with Crippen LogP contribution in [0.5, 0.6) is 11.5 Å². The van der Waals surface area contributed by atoms with Gasteiger partial charge in [-0.3, -0.25) is 4.99 Å². The second-order valence-electron chi connectivity index (χ2n) is 6.43. The van der Waals surface area contributed by atoms with Gasteiger partial charge in [0.1, 0.15) is 11.5 Å². The molecule has 0 radical (unpaired) electrons. The summed E-state index contributed by atoms with van der Waals surface area (Å²) < 4.78 is 16.2. The Morgan fingerprint density at radius 1 is 0.964 bits per heavy atom. The van der Waals surface area contributed by atoms with E-state index in [0.29, 0.717) is 26.3 Å². The summed E-state index contributed by atoms with van der Waals surface area (Å²) in [5.74, 6) is 2.49. The van der Waals surface area contributed by atoms with Gasteiger partial charge in [0.25, 0.3) is 0 Å². The Hall–Kier alpha value is -2.73. The molecule has 2 rings (SSSR count). The molecule has 0 atom stereocenters. The van der Waals surface area contributed by atoms with Crippen molar-refractivity contribution in [3.8, 4) is 11.5 Å². The summed E-state index contributed by atoms with van der Waals surface area (Å²) in [5.41, 5.74) is 3.42. The van der Waals surface area contributed by atoms with Gasteiger partial charge >= 0.3 is 0 Å². The fourth-order valence-electron chi connectivity index (χ4n) is 2.66. The molecule has 0 aromatic heterocycles. The predicted octanol–water partition coefficient (Wildman–Crippen LogP) is 3.28. The minimum absolute atomic E-state index is 0.627. The van der Waals surface area contributed by atoms with Crippen LogP contribution in [0.2, 0.25) is 0 Å². The van der Waals surface area contributed by atoms with Crippen molar-refractivity contribution in [2.75, 3.05) is 34.5 Å². The lowest BCUT2D eigenvalue weighted by Crippen LogP contribution is -2.36. The van der Waals surface area contributed by atoms with E-state index in [1.54, 1.807) is 21.3 Å². The van der Waals surface area contributed by atoms with Crippen LogP contribution in [0, 0.1) is 6.92 Å². The van der Waals surface area contributed by atoms with Gasteiger partial charge in [-0.1, -0.05) is 24.3 Å². The highest BCUT2D eigenvalue weighted by Crippen LogP contribution is 2.20. The van der Waals surface area contributed by atoms with Crippen molar-refractivity contribution in [1.82, 2.24) is 10.6 Å². The lowest BCUT2D eigenvalue weighted by Gasteiger charge is -2.15. The van der Waals surface area contributed by atoms with Crippen molar-refractivity contribution in [2.45, 2.75) is 26.4 Å². The Balaban J connectivity index is 1.89. The number of guanidine groups is 1. The number of benzene rings is 2. The molecule has 6 nitrogen and oxygen atoms in total. The molecule has 0 saturated carbocycles. The van der Waals surface area contributed by atoms with E-state index in [-0.39, 0.29) is 0 Å². The molecule has 0 aliphatic rings. The maximum Gasteiger partial charge on any atom is 0.191 e. The average molecular weight is 386 g/mol. The Morgan fingerprint density at radius 3 is 2.39 bits per heavy atom. The first-order chi connectivity index (χ1) is 13.7. The van der Waals surface area contributed by atoms with Gasteiger partial charge < -0.3 is 24.8 Å². The zero-order chi connectivity index (χ0) is 20.2. The molecule has 0 saturated heterocycles. The van der Waals surface area contributed by atoms with E-state index in [4.69, 9.17) is 14.2 Å². The molecule has 0 fully saturated rings. The molecule has 152 valence electrons. The topological polar surface area (TPSA) is 64.1 Å². The predicted molar refractivity (Wildman–Crippen MR) is 113 cm³/mol. The van der Waals surface area contributed by atoms with Gasteiger partial charge in [-0.2, -0.15) is 0 Å². The van der Waals surface area contributed by atoms with E-state index in [1.807, 2.05) is 24.3 Å². The van der Waals surface area contributed by atoms with Crippen molar-refractivity contribution in [3.05, 3.63) is 59.2 Å². The van der Waals surface area contributed by atoms with Crippen molar-refractivity contribution in [2.24, 2.45) is 4.99 Å². The zero-order valence-electron chi connectivity index (χ0n) is 17.2. The molecule has 2 aromatic carbocycles. The molecule has 0 unspecified atom stereocenters. The van der Waals surface area contributed by atoms with Gasteiger partial charge in [-0.05, 0) is 36.2 Å². The summed E-state index contributed by atoms with van der Waals surface area (Å²) in [6.45, 7) is 4.70. The van der Waals surface area contributed by atoms with Crippen molar-refractivity contribution in [1.29, 1.82) is 0 Å². The number of hydrogen-bond acceptors (Lipinski definition) is 4. The van der Waals surface area contributed by atoms with Gasteiger partial charge in [0, 0.05) is 45.8 Å². The monoisotopic (exact) mass is 385 g/mol. The quantitative estimate of drug-likeness (QED) is 0.373. The Labute approximate surface area is 167 Å². The first-order valence-corrected chi connectivity index (χ1v) is 9.45. The molecule has 0 heterocycles. The Kier molecular flexibility index (Phi) is 9.15. The molecule has 2 N–H and O–H groups in total. The third kappa shape index (κ3) is 7.12. The van der Waals surface area contributed by atoms with Crippen LogP contribution < -0.4 is 20.1 Å². The summed E-state index contributed by atoms with van der Waals surface area (Å²) in [6, 6.07) is 14.2. The minimum Gasteiger partial charge on any atom is -0.497 e. The molecule has 0 aliphatic carbocycles. The van der Waals surface area contributed by atoms with Gasteiger partial charge in [0.05, 0.1) is 13.7 Å². The highest BCUT2D eigenvalue weighted by molar-refractivity contribution is 5.79. The molecule has 0 aliphatic heterocycles. The molecule has 6 heteroatoms. The number of aliphatic imine (C=N–C) groups is 1. The Morgan fingerprint density at radius 2 is 1.71 bits per heavy atom. The van der Waals surface area contributed by atoms with E-state index in [9.17, 15) is 0 Å². The number of nitrogens with zero attached hydrogens (tertiary/aromatic N) is 1. The second-order valence-corrected chi connectivity index (χ2v) is 6.43. The average Bonchev–Trinajstić information content (AvgIpc) is 2.73. The minimum atomic E-state index is 0.627. The van der Waals surface area contributed by atoms with Gasteiger partial charge in [-0.15, -0.1) is 0 Å². The smallest absolute Gasteiger partial charge is 0.191 e. The van der Waals surface area contributed by atoms with E-state index >= 15 is 0 Å². The Bertz CT molecular complexity index is 745. The number of aryl methyl sites for hydroxylation is 1. The number of rotatable bonds is 10. The fourth-order valence-corrected chi connectivity index (χ4v) is 2.66. The highest BCUT2D eigenvalue weighted by atomic mass is 16.5. The van der Waals surface area contributed by atoms with Gasteiger partial charge in [-0.25, -0.2) is 0 Å². The molecule has 0 spiro atoms. The third-order valence-corrected chi connectivity index (χ3v) is 4.26. The van der Waals surface area contributed by atoms with Crippen LogP contribution in [0.1, 0.15) is 23.1 Å². The van der Waals surface area contributed by atoms with Crippen LogP contribution in [0.3, 0.4) is 0 Å². The number of hydrogen-bond donors (Lipinski definition) is 2. The van der Waals surface area contributed by atoms with E-state index < -0.39 is 0 Å². The molecule has 0 amide bonds. The van der Waals surface area contributed by atoms with E-state index in [0.717, 1.165) is 35.0 Å². The van der Waals surface area contributed by atoms with Crippen LogP contribution in [-0.2, 0) is 17.8 Å². The lowest BCUT2D eigenvalue weighted by atomic mass is 10.1. The summed E-state index contributed by atoms with van der Waals surface area (Å²) in [7, 11) is 5.13. The summed E-state index contributed by atoms with van der Waals surface area (Å²) in [4.78, 5) is 4.30. The van der Waals surface area contributed by atoms with Crippen LogP contribution in [0.15, 0.2) is 47.5 Å². The maximum absolute atomic E-state index is 5.94. The van der Waals surface area contributed by atoms with E-state index in [2.05, 4.69) is 40.7 Å².